The standard InChI is InChI=1S/C22H29N3S/c1-23-21-24-18-12-17-15(11-20(18)26-21)10-19-16-4-2-3-7-22(16,17)8-9-25(19)13-14-5-6-14/h11-12,14,16,19H,2-10,13H2,1H3,(H,23,24)/t16-,19+,22+/m0/s1. The van der Waals surface area contributed by atoms with E-state index in [9.17, 15) is 0 Å². The smallest absolute Gasteiger partial charge is 0.183 e. The lowest BCUT2D eigenvalue weighted by atomic mass is 9.52. The normalized spacial score (nSPS) is 33.7. The molecule has 0 spiro atoms. The molecular weight excluding hydrogens is 338 g/mol. The Kier molecular flexibility index (Phi) is 3.47. The summed E-state index contributed by atoms with van der Waals surface area (Å²) in [5.74, 6) is 1.89. The average molecular weight is 368 g/mol. The average Bonchev–Trinajstić information content (AvgIpc) is 3.39. The molecule has 4 heteroatoms. The quantitative estimate of drug-likeness (QED) is 0.844. The molecule has 3 nitrogen and oxygen atoms in total. The summed E-state index contributed by atoms with van der Waals surface area (Å²) in [7, 11) is 1.98. The number of rotatable bonds is 3. The highest BCUT2D eigenvalue weighted by Crippen LogP contribution is 2.56. The van der Waals surface area contributed by atoms with E-state index in [1.54, 1.807) is 11.1 Å². The van der Waals surface area contributed by atoms with Gasteiger partial charge in [0.05, 0.1) is 10.2 Å². The maximum Gasteiger partial charge on any atom is 0.183 e. The van der Waals surface area contributed by atoms with Crippen molar-refractivity contribution in [2.75, 3.05) is 25.5 Å². The maximum absolute atomic E-state index is 4.84. The van der Waals surface area contributed by atoms with Gasteiger partial charge in [0.25, 0.3) is 0 Å². The third kappa shape index (κ3) is 2.24. The molecule has 1 aromatic carbocycles. The second-order valence-electron chi connectivity index (χ2n) is 9.21. The highest BCUT2D eigenvalue weighted by Gasteiger charge is 2.54. The van der Waals surface area contributed by atoms with Crippen molar-refractivity contribution in [1.29, 1.82) is 0 Å². The Labute approximate surface area is 160 Å². The second kappa shape index (κ2) is 5.68. The van der Waals surface area contributed by atoms with Gasteiger partial charge in [-0.15, -0.1) is 0 Å². The first kappa shape index (κ1) is 15.9. The Morgan fingerprint density at radius 2 is 2.15 bits per heavy atom. The van der Waals surface area contributed by atoms with Gasteiger partial charge in [0.2, 0.25) is 0 Å². The van der Waals surface area contributed by atoms with Crippen molar-refractivity contribution in [3.63, 3.8) is 0 Å². The highest BCUT2D eigenvalue weighted by molar-refractivity contribution is 7.22. The van der Waals surface area contributed by atoms with E-state index in [0.29, 0.717) is 5.41 Å². The zero-order chi connectivity index (χ0) is 17.3. The fourth-order valence-electron chi connectivity index (χ4n) is 6.48. The van der Waals surface area contributed by atoms with E-state index >= 15 is 0 Å². The van der Waals surface area contributed by atoms with E-state index < -0.39 is 0 Å². The zero-order valence-electron chi connectivity index (χ0n) is 15.8. The number of hydrogen-bond acceptors (Lipinski definition) is 4. The molecule has 2 aromatic rings. The van der Waals surface area contributed by atoms with E-state index in [1.807, 2.05) is 18.4 Å². The molecule has 1 N–H and O–H groups in total. The van der Waals surface area contributed by atoms with Crippen LogP contribution in [0.1, 0.15) is 56.1 Å². The minimum Gasteiger partial charge on any atom is -0.365 e. The molecule has 2 saturated carbocycles. The van der Waals surface area contributed by atoms with E-state index in [0.717, 1.165) is 23.0 Å². The van der Waals surface area contributed by atoms with Crippen molar-refractivity contribution in [2.24, 2.45) is 11.8 Å². The van der Waals surface area contributed by atoms with Crippen molar-refractivity contribution in [2.45, 2.75) is 62.8 Å². The van der Waals surface area contributed by atoms with Crippen molar-refractivity contribution >= 4 is 26.7 Å². The van der Waals surface area contributed by atoms with E-state index in [4.69, 9.17) is 4.98 Å². The summed E-state index contributed by atoms with van der Waals surface area (Å²) >= 11 is 1.81. The first-order valence-electron chi connectivity index (χ1n) is 10.6. The summed E-state index contributed by atoms with van der Waals surface area (Å²) in [5, 5.41) is 4.30. The van der Waals surface area contributed by atoms with Gasteiger partial charge < -0.3 is 5.32 Å². The van der Waals surface area contributed by atoms with Crippen LogP contribution in [-0.4, -0.2) is 36.1 Å². The summed E-state index contributed by atoms with van der Waals surface area (Å²) in [5.41, 5.74) is 5.00. The molecule has 4 aliphatic rings. The summed E-state index contributed by atoms with van der Waals surface area (Å²) in [6.07, 6.45) is 11.3. The van der Waals surface area contributed by atoms with Crippen molar-refractivity contribution in [1.82, 2.24) is 9.88 Å². The lowest BCUT2D eigenvalue weighted by molar-refractivity contribution is -0.0132. The lowest BCUT2D eigenvalue weighted by Crippen LogP contribution is -2.61. The molecule has 2 heterocycles. The SMILES string of the molecule is CNc1nc2cc3c(cc2s1)C[C@@H]1[C@@H]2CCCC[C@]32CCN1CC1CC1. The van der Waals surface area contributed by atoms with Crippen LogP contribution in [0.4, 0.5) is 5.13 Å². The number of piperidine rings is 1. The summed E-state index contributed by atoms with van der Waals surface area (Å²) in [6, 6.07) is 5.79. The van der Waals surface area contributed by atoms with Gasteiger partial charge in [-0.05, 0) is 80.2 Å². The lowest BCUT2D eigenvalue weighted by Gasteiger charge is -2.59. The molecular formula is C22H29N3S. The van der Waals surface area contributed by atoms with Crippen LogP contribution in [0.15, 0.2) is 12.1 Å². The summed E-state index contributed by atoms with van der Waals surface area (Å²) in [4.78, 5) is 7.75. The maximum atomic E-state index is 4.84. The van der Waals surface area contributed by atoms with E-state index in [1.165, 1.54) is 74.7 Å². The fourth-order valence-corrected chi connectivity index (χ4v) is 7.35. The Balaban J connectivity index is 1.48. The van der Waals surface area contributed by atoms with Gasteiger partial charge in [-0.3, -0.25) is 4.90 Å². The first-order chi connectivity index (χ1) is 12.8. The molecule has 1 aromatic heterocycles. The number of nitrogens with zero attached hydrogens (tertiary/aromatic N) is 2. The number of benzene rings is 1. The number of fused-ring (bicyclic) bond motifs is 2. The van der Waals surface area contributed by atoms with Crippen LogP contribution in [0.5, 0.6) is 0 Å². The van der Waals surface area contributed by atoms with Gasteiger partial charge in [-0.1, -0.05) is 24.2 Å². The molecule has 0 radical (unpaired) electrons. The minimum atomic E-state index is 0.453. The minimum absolute atomic E-state index is 0.453. The van der Waals surface area contributed by atoms with E-state index in [-0.39, 0.29) is 0 Å². The van der Waals surface area contributed by atoms with Gasteiger partial charge in [0.1, 0.15) is 0 Å². The van der Waals surface area contributed by atoms with Gasteiger partial charge in [-0.2, -0.15) is 0 Å². The van der Waals surface area contributed by atoms with Gasteiger partial charge in [-0.25, -0.2) is 4.98 Å². The molecule has 6 rings (SSSR count). The highest BCUT2D eigenvalue weighted by atomic mass is 32.1. The topological polar surface area (TPSA) is 28.2 Å². The molecule has 0 unspecified atom stereocenters. The first-order valence-corrected chi connectivity index (χ1v) is 11.4. The molecule has 138 valence electrons. The van der Waals surface area contributed by atoms with Crippen molar-refractivity contribution in [3.8, 4) is 0 Å². The number of anilines is 1. The molecule has 2 bridgehead atoms. The van der Waals surface area contributed by atoms with Crippen LogP contribution in [-0.2, 0) is 11.8 Å². The number of aromatic nitrogens is 1. The summed E-state index contributed by atoms with van der Waals surface area (Å²) in [6.45, 7) is 2.70. The van der Waals surface area contributed by atoms with Gasteiger partial charge >= 0.3 is 0 Å². The van der Waals surface area contributed by atoms with Crippen molar-refractivity contribution in [3.05, 3.63) is 23.3 Å². The number of hydrogen-bond donors (Lipinski definition) is 1. The number of thiazole rings is 1. The van der Waals surface area contributed by atoms with Crippen LogP contribution < -0.4 is 5.32 Å². The predicted molar refractivity (Wildman–Crippen MR) is 109 cm³/mol. The third-order valence-electron chi connectivity index (χ3n) is 7.86. The van der Waals surface area contributed by atoms with Crippen LogP contribution in [0.2, 0.25) is 0 Å². The molecule has 3 aliphatic carbocycles. The van der Waals surface area contributed by atoms with Gasteiger partial charge in [0.15, 0.2) is 5.13 Å². The van der Waals surface area contributed by atoms with Crippen LogP contribution in [0, 0.1) is 11.8 Å². The van der Waals surface area contributed by atoms with Crippen LogP contribution >= 0.6 is 11.3 Å². The Hall–Kier alpha value is -1.13. The van der Waals surface area contributed by atoms with Gasteiger partial charge in [0, 0.05) is 25.0 Å². The predicted octanol–water partition coefficient (Wildman–Crippen LogP) is 4.81. The Bertz CT molecular complexity index is 854. The number of likely N-dealkylation sites (tertiary alicyclic amines) is 1. The molecule has 3 fully saturated rings. The second-order valence-corrected chi connectivity index (χ2v) is 10.2. The Morgan fingerprint density at radius 3 is 3.00 bits per heavy atom. The molecule has 26 heavy (non-hydrogen) atoms. The van der Waals surface area contributed by atoms with Crippen molar-refractivity contribution < 1.29 is 0 Å². The molecule has 1 saturated heterocycles. The molecule has 1 aliphatic heterocycles. The Morgan fingerprint density at radius 1 is 1.23 bits per heavy atom. The molecule has 0 amide bonds. The van der Waals surface area contributed by atoms with Crippen LogP contribution in [0.3, 0.4) is 0 Å². The zero-order valence-corrected chi connectivity index (χ0v) is 16.6. The monoisotopic (exact) mass is 367 g/mol. The van der Waals surface area contributed by atoms with Crippen LogP contribution in [0.25, 0.3) is 10.2 Å². The summed E-state index contributed by atoms with van der Waals surface area (Å²) < 4.78 is 1.37. The largest absolute Gasteiger partial charge is 0.365 e. The number of nitrogens with one attached hydrogen (secondary N) is 1. The molecule has 3 atom stereocenters. The third-order valence-corrected chi connectivity index (χ3v) is 8.89. The fraction of sp³-hybridized carbons (Fsp3) is 0.682. The van der Waals surface area contributed by atoms with E-state index in [2.05, 4.69) is 22.3 Å².